The van der Waals surface area contributed by atoms with Gasteiger partial charge in [0, 0.05) is 50.3 Å². The zero-order valence-corrected chi connectivity index (χ0v) is 20.9. The van der Waals surface area contributed by atoms with Gasteiger partial charge in [-0.15, -0.1) is 0 Å². The van der Waals surface area contributed by atoms with Crippen molar-refractivity contribution in [3.63, 3.8) is 0 Å². The number of amides is 2. The van der Waals surface area contributed by atoms with E-state index in [1.807, 2.05) is 29.2 Å². The van der Waals surface area contributed by atoms with Crippen LogP contribution in [0, 0.1) is 11.7 Å². The predicted octanol–water partition coefficient (Wildman–Crippen LogP) is 4.37. The molecule has 1 aromatic carbocycles. The van der Waals surface area contributed by atoms with Crippen LogP contribution in [0.5, 0.6) is 0 Å². The summed E-state index contributed by atoms with van der Waals surface area (Å²) in [6.45, 7) is 1.21. The molecule has 8 heteroatoms. The van der Waals surface area contributed by atoms with Crippen LogP contribution < -0.4 is 0 Å². The van der Waals surface area contributed by atoms with Gasteiger partial charge in [-0.1, -0.05) is 23.4 Å². The quantitative estimate of drug-likeness (QED) is 0.553. The van der Waals surface area contributed by atoms with E-state index in [1.165, 1.54) is 6.07 Å². The van der Waals surface area contributed by atoms with Crippen molar-refractivity contribution in [2.24, 2.45) is 5.92 Å². The molecule has 1 aromatic heterocycles. The molecule has 1 saturated heterocycles. The molecule has 1 aliphatic carbocycles. The summed E-state index contributed by atoms with van der Waals surface area (Å²) < 4.78 is 19.9. The van der Waals surface area contributed by atoms with Gasteiger partial charge in [-0.25, -0.2) is 4.39 Å². The zero-order valence-electron chi connectivity index (χ0n) is 20.1. The molecule has 1 fully saturated rings. The number of aromatic nitrogens is 1. The first-order chi connectivity index (χ1) is 16.5. The minimum absolute atomic E-state index is 0.0552. The molecule has 2 aliphatic rings. The van der Waals surface area contributed by atoms with Gasteiger partial charge in [0.1, 0.15) is 11.6 Å². The molecule has 2 amide bonds. The van der Waals surface area contributed by atoms with Crippen molar-refractivity contribution in [3.05, 3.63) is 52.7 Å². The molecular weight excluding hydrogens is 453 g/mol. The molecule has 4 rings (SSSR count). The molecule has 0 saturated carbocycles. The second-order valence-corrected chi connectivity index (χ2v) is 10.4. The third-order valence-corrected chi connectivity index (χ3v) is 7.93. The van der Waals surface area contributed by atoms with Crippen LogP contribution in [-0.2, 0) is 24.1 Å². The van der Waals surface area contributed by atoms with E-state index in [0.29, 0.717) is 37.2 Å². The first-order valence-electron chi connectivity index (χ1n) is 12.2. The van der Waals surface area contributed by atoms with Crippen molar-refractivity contribution >= 4 is 23.6 Å². The van der Waals surface area contributed by atoms with Crippen LogP contribution in [0.15, 0.2) is 28.8 Å². The van der Waals surface area contributed by atoms with Crippen molar-refractivity contribution in [1.29, 1.82) is 0 Å². The number of piperidine rings is 1. The Labute approximate surface area is 205 Å². The monoisotopic (exact) mass is 487 g/mol. The average molecular weight is 488 g/mol. The number of aryl methyl sites for hydroxylation is 1. The summed E-state index contributed by atoms with van der Waals surface area (Å²) >= 11 is 1.65. The number of rotatable bonds is 8. The van der Waals surface area contributed by atoms with Gasteiger partial charge in [-0.3, -0.25) is 9.59 Å². The van der Waals surface area contributed by atoms with Gasteiger partial charge in [-0.05, 0) is 62.3 Å². The van der Waals surface area contributed by atoms with E-state index in [2.05, 4.69) is 5.16 Å². The Morgan fingerprint density at radius 2 is 1.97 bits per heavy atom. The van der Waals surface area contributed by atoms with E-state index in [-0.39, 0.29) is 29.6 Å². The largest absolute Gasteiger partial charge is 0.360 e. The number of hydrogen-bond acceptors (Lipinski definition) is 5. The number of thioether (sulfide) groups is 1. The standard InChI is InChI=1S/C26H34FN3O3S/c1-29(24(31)13-16-34-2)22(17-19-7-3-5-9-21(19)27)18-11-14-30(15-12-18)26(32)25-20-8-4-6-10-23(20)33-28-25/h3,5,7,9,18,22H,4,6,8,10-17H2,1-2H3. The summed E-state index contributed by atoms with van der Waals surface area (Å²) in [4.78, 5) is 29.7. The van der Waals surface area contributed by atoms with Gasteiger partial charge in [0.2, 0.25) is 5.91 Å². The smallest absolute Gasteiger partial charge is 0.276 e. The highest BCUT2D eigenvalue weighted by atomic mass is 32.2. The zero-order chi connectivity index (χ0) is 24.1. The number of halogens is 1. The van der Waals surface area contributed by atoms with Crippen molar-refractivity contribution in [1.82, 2.24) is 15.0 Å². The second kappa shape index (κ2) is 11.4. The van der Waals surface area contributed by atoms with Gasteiger partial charge >= 0.3 is 0 Å². The van der Waals surface area contributed by atoms with Crippen molar-refractivity contribution in [2.45, 2.75) is 57.4 Å². The van der Waals surface area contributed by atoms with Crippen LogP contribution in [0.4, 0.5) is 4.39 Å². The average Bonchev–Trinajstić information content (AvgIpc) is 3.30. The van der Waals surface area contributed by atoms with Crippen LogP contribution in [-0.4, -0.2) is 65.0 Å². The molecule has 0 spiro atoms. The lowest BCUT2D eigenvalue weighted by atomic mass is 9.84. The molecule has 6 nitrogen and oxygen atoms in total. The molecule has 0 N–H and O–H groups in total. The van der Waals surface area contributed by atoms with Gasteiger partial charge in [0.05, 0.1) is 0 Å². The summed E-state index contributed by atoms with van der Waals surface area (Å²) in [5.41, 5.74) is 2.08. The maximum atomic E-state index is 14.5. The van der Waals surface area contributed by atoms with E-state index < -0.39 is 0 Å². The molecule has 2 aromatic rings. The van der Waals surface area contributed by atoms with Crippen LogP contribution in [0.25, 0.3) is 0 Å². The molecule has 2 heterocycles. The van der Waals surface area contributed by atoms with Crippen LogP contribution in [0.3, 0.4) is 0 Å². The lowest BCUT2D eigenvalue weighted by Gasteiger charge is -2.40. The van der Waals surface area contributed by atoms with Crippen LogP contribution >= 0.6 is 11.8 Å². The summed E-state index contributed by atoms with van der Waals surface area (Å²) in [5, 5.41) is 4.11. The van der Waals surface area contributed by atoms with E-state index in [1.54, 1.807) is 23.9 Å². The Kier molecular flexibility index (Phi) is 8.29. The number of fused-ring (bicyclic) bond motifs is 1. The highest BCUT2D eigenvalue weighted by Crippen LogP contribution is 2.30. The Hall–Kier alpha value is -2.35. The van der Waals surface area contributed by atoms with Crippen molar-refractivity contribution in [2.75, 3.05) is 32.1 Å². The lowest BCUT2D eigenvalue weighted by molar-refractivity contribution is -0.133. The minimum Gasteiger partial charge on any atom is -0.360 e. The fourth-order valence-corrected chi connectivity index (χ4v) is 5.63. The van der Waals surface area contributed by atoms with Gasteiger partial charge in [0.15, 0.2) is 5.69 Å². The molecule has 0 bridgehead atoms. The number of benzene rings is 1. The summed E-state index contributed by atoms with van der Waals surface area (Å²) in [7, 11) is 1.84. The maximum absolute atomic E-state index is 14.5. The van der Waals surface area contributed by atoms with Crippen LogP contribution in [0.2, 0.25) is 0 Å². The van der Waals surface area contributed by atoms with Crippen molar-refractivity contribution < 1.29 is 18.5 Å². The van der Waals surface area contributed by atoms with E-state index >= 15 is 0 Å². The van der Waals surface area contributed by atoms with Gasteiger partial charge in [0.25, 0.3) is 5.91 Å². The molecule has 1 unspecified atom stereocenters. The molecule has 34 heavy (non-hydrogen) atoms. The first kappa shape index (κ1) is 24.8. The van der Waals surface area contributed by atoms with E-state index in [0.717, 1.165) is 55.6 Å². The molecule has 184 valence electrons. The Bertz CT molecular complexity index is 1000. The molecule has 1 atom stereocenters. The number of hydrogen-bond donors (Lipinski definition) is 0. The topological polar surface area (TPSA) is 66.7 Å². The van der Waals surface area contributed by atoms with Gasteiger partial charge in [-0.2, -0.15) is 11.8 Å². The van der Waals surface area contributed by atoms with E-state index in [4.69, 9.17) is 4.52 Å². The van der Waals surface area contributed by atoms with Crippen LogP contribution in [0.1, 0.15) is 59.5 Å². The molecule has 1 aliphatic heterocycles. The first-order valence-corrected chi connectivity index (χ1v) is 13.6. The highest BCUT2D eigenvalue weighted by molar-refractivity contribution is 7.98. The fraction of sp³-hybridized carbons (Fsp3) is 0.577. The lowest BCUT2D eigenvalue weighted by Crippen LogP contribution is -2.48. The molecular formula is C26H34FN3O3S. The predicted molar refractivity (Wildman–Crippen MR) is 131 cm³/mol. The Morgan fingerprint density at radius 3 is 2.71 bits per heavy atom. The third kappa shape index (κ3) is 5.48. The van der Waals surface area contributed by atoms with E-state index in [9.17, 15) is 14.0 Å². The number of nitrogens with zero attached hydrogens (tertiary/aromatic N) is 3. The maximum Gasteiger partial charge on any atom is 0.276 e. The highest BCUT2D eigenvalue weighted by Gasteiger charge is 2.35. The number of carbonyl (C=O) groups is 2. The third-order valence-electron chi connectivity index (χ3n) is 7.32. The Morgan fingerprint density at radius 1 is 1.24 bits per heavy atom. The number of carbonyl (C=O) groups excluding carboxylic acids is 2. The summed E-state index contributed by atoms with van der Waals surface area (Å²) in [5.74, 6) is 1.62. The SMILES string of the molecule is CSCCC(=O)N(C)C(Cc1ccccc1F)C1CCN(C(=O)c2noc3c2CCCC3)CC1. The summed E-state index contributed by atoms with van der Waals surface area (Å²) in [6.07, 6.45) is 8.32. The normalized spacial score (nSPS) is 17.3. The molecule has 0 radical (unpaired) electrons. The number of likely N-dealkylation sites (tertiary alicyclic amines) is 1. The van der Waals surface area contributed by atoms with Crippen molar-refractivity contribution in [3.8, 4) is 0 Å². The van der Waals surface area contributed by atoms with Gasteiger partial charge < -0.3 is 14.3 Å². The Balaban J connectivity index is 1.45. The minimum atomic E-state index is -0.235. The number of likely N-dealkylation sites (N-methyl/N-ethyl adjacent to an activating group) is 1. The summed E-state index contributed by atoms with van der Waals surface area (Å²) in [6, 6.07) is 6.69. The fourth-order valence-electron chi connectivity index (χ4n) is 5.25. The second-order valence-electron chi connectivity index (χ2n) is 9.38.